The van der Waals surface area contributed by atoms with E-state index in [9.17, 15) is 5.21 Å². The Hall–Kier alpha value is -1.44. The normalized spacial score (nSPS) is 11.1. The Balaban J connectivity index is 2.96. The second-order valence-corrected chi connectivity index (χ2v) is 3.96. The first-order valence-electron chi connectivity index (χ1n) is 4.80. The molecular weight excluding hydrogens is 174 g/mol. The number of aryl methyl sites for hydroxylation is 4. The molecule has 74 valence electrons. The molecule has 0 fully saturated rings. The zero-order valence-electron chi connectivity index (χ0n) is 9.05. The number of aromatic nitrogens is 1. The lowest BCUT2D eigenvalue weighted by Crippen LogP contribution is -1.93. The summed E-state index contributed by atoms with van der Waals surface area (Å²) in [6.07, 6.45) is 0. The highest BCUT2D eigenvalue weighted by molar-refractivity contribution is 5.89. The summed E-state index contributed by atoms with van der Waals surface area (Å²) in [7, 11) is 0. The number of rotatable bonds is 0. The van der Waals surface area contributed by atoms with Gasteiger partial charge >= 0.3 is 0 Å². The minimum atomic E-state index is 0.917. The van der Waals surface area contributed by atoms with Crippen LogP contribution in [0.3, 0.4) is 0 Å². The Kier molecular flexibility index (Phi) is 1.81. The topological polar surface area (TPSA) is 25.2 Å². The van der Waals surface area contributed by atoms with Crippen LogP contribution in [0.2, 0.25) is 0 Å². The fraction of sp³-hybridized carbons (Fsp3) is 0.333. The average molecular weight is 189 g/mol. The van der Waals surface area contributed by atoms with Gasteiger partial charge in [-0.3, -0.25) is 0 Å². The summed E-state index contributed by atoms with van der Waals surface area (Å²) >= 11 is 0. The molecule has 0 aliphatic heterocycles. The molecule has 2 rings (SSSR count). The first kappa shape index (κ1) is 9.13. The fourth-order valence-corrected chi connectivity index (χ4v) is 1.89. The van der Waals surface area contributed by atoms with Gasteiger partial charge in [-0.1, -0.05) is 0 Å². The van der Waals surface area contributed by atoms with Crippen molar-refractivity contribution in [2.45, 2.75) is 27.7 Å². The van der Waals surface area contributed by atoms with Crippen LogP contribution in [-0.2, 0) is 0 Å². The first-order chi connectivity index (χ1) is 6.52. The van der Waals surface area contributed by atoms with Gasteiger partial charge in [-0.2, -0.15) is 4.73 Å². The smallest absolute Gasteiger partial charge is 0.0617 e. The predicted molar refractivity (Wildman–Crippen MR) is 58.1 cm³/mol. The Morgan fingerprint density at radius 2 is 1.21 bits per heavy atom. The van der Waals surface area contributed by atoms with Crippen molar-refractivity contribution in [3.8, 4) is 0 Å². The van der Waals surface area contributed by atoms with Crippen LogP contribution in [0.1, 0.15) is 22.5 Å². The van der Waals surface area contributed by atoms with Crippen LogP contribution in [0.15, 0.2) is 12.1 Å². The molecule has 0 aliphatic carbocycles. The minimum absolute atomic E-state index is 0.917. The van der Waals surface area contributed by atoms with Crippen LogP contribution in [0.25, 0.3) is 10.8 Å². The summed E-state index contributed by atoms with van der Waals surface area (Å²) in [6.45, 7) is 8.06. The summed E-state index contributed by atoms with van der Waals surface area (Å²) in [6, 6.07) is 4.28. The number of benzene rings is 1. The highest BCUT2D eigenvalue weighted by Gasteiger charge is 2.10. The summed E-state index contributed by atoms with van der Waals surface area (Å²) in [5, 5.41) is 12.0. The first-order valence-corrected chi connectivity index (χ1v) is 4.80. The third-order valence-electron chi connectivity index (χ3n) is 3.05. The van der Waals surface area contributed by atoms with Gasteiger partial charge in [0.05, 0.1) is 11.4 Å². The van der Waals surface area contributed by atoms with Crippen LogP contribution in [0.4, 0.5) is 0 Å². The predicted octanol–water partition coefficient (Wildman–Crippen LogP) is 3.11. The lowest BCUT2D eigenvalue weighted by Gasteiger charge is -2.00. The van der Waals surface area contributed by atoms with Crippen LogP contribution < -0.4 is 0 Å². The monoisotopic (exact) mass is 189 g/mol. The Bertz CT molecular complexity index is 464. The molecule has 0 unspecified atom stereocenters. The molecule has 1 heterocycles. The van der Waals surface area contributed by atoms with Gasteiger partial charge in [-0.05, 0) is 51.0 Å². The van der Waals surface area contributed by atoms with E-state index in [1.54, 1.807) is 0 Å². The van der Waals surface area contributed by atoms with E-state index in [2.05, 4.69) is 26.0 Å². The maximum Gasteiger partial charge on any atom is 0.0617 e. The number of fused-ring (bicyclic) bond motifs is 1. The van der Waals surface area contributed by atoms with Gasteiger partial charge < -0.3 is 5.21 Å². The molecule has 0 spiro atoms. The largest absolute Gasteiger partial charge is 0.428 e. The maximum absolute atomic E-state index is 9.73. The van der Waals surface area contributed by atoms with E-state index in [1.165, 1.54) is 15.9 Å². The molecule has 14 heavy (non-hydrogen) atoms. The van der Waals surface area contributed by atoms with Crippen molar-refractivity contribution in [1.29, 1.82) is 0 Å². The molecule has 0 saturated carbocycles. The summed E-state index contributed by atoms with van der Waals surface area (Å²) < 4.78 is 1.27. The lowest BCUT2D eigenvalue weighted by atomic mass is 10.0. The third kappa shape index (κ3) is 1.03. The summed E-state index contributed by atoms with van der Waals surface area (Å²) in [5.74, 6) is 0. The third-order valence-corrected chi connectivity index (χ3v) is 3.05. The van der Waals surface area contributed by atoms with E-state index in [-0.39, 0.29) is 0 Å². The van der Waals surface area contributed by atoms with Crippen LogP contribution in [0, 0.1) is 27.7 Å². The zero-order chi connectivity index (χ0) is 10.5. The minimum Gasteiger partial charge on any atom is -0.428 e. The van der Waals surface area contributed by atoms with Gasteiger partial charge in [0, 0.05) is 10.8 Å². The van der Waals surface area contributed by atoms with Gasteiger partial charge in [-0.15, -0.1) is 0 Å². The van der Waals surface area contributed by atoms with Crippen molar-refractivity contribution >= 4 is 10.8 Å². The molecule has 1 N–H and O–H groups in total. The van der Waals surface area contributed by atoms with Crippen molar-refractivity contribution in [1.82, 2.24) is 4.73 Å². The van der Waals surface area contributed by atoms with Gasteiger partial charge in [-0.25, -0.2) is 0 Å². The molecule has 0 radical (unpaired) electrons. The van der Waals surface area contributed by atoms with E-state index in [4.69, 9.17) is 0 Å². The number of hydrogen-bond donors (Lipinski definition) is 1. The average Bonchev–Trinajstić information content (AvgIpc) is 2.34. The van der Waals surface area contributed by atoms with Crippen molar-refractivity contribution in [2.75, 3.05) is 0 Å². The molecule has 2 aromatic rings. The highest BCUT2D eigenvalue weighted by Crippen LogP contribution is 2.26. The summed E-state index contributed by atoms with van der Waals surface area (Å²) in [4.78, 5) is 0. The van der Waals surface area contributed by atoms with Crippen LogP contribution in [-0.4, -0.2) is 9.94 Å². The zero-order valence-corrected chi connectivity index (χ0v) is 9.05. The van der Waals surface area contributed by atoms with E-state index < -0.39 is 0 Å². The number of hydrogen-bond acceptors (Lipinski definition) is 1. The SMILES string of the molecule is Cc1cc2c(C)n(O)c(C)c2cc1C. The van der Waals surface area contributed by atoms with Crippen molar-refractivity contribution in [2.24, 2.45) is 0 Å². The Morgan fingerprint density at radius 1 is 0.857 bits per heavy atom. The Labute approximate surface area is 83.7 Å². The molecule has 1 aromatic heterocycles. The van der Waals surface area contributed by atoms with Crippen LogP contribution in [0.5, 0.6) is 0 Å². The molecule has 2 heteroatoms. The molecule has 0 amide bonds. The van der Waals surface area contributed by atoms with Gasteiger partial charge in [0.1, 0.15) is 0 Å². The highest BCUT2D eigenvalue weighted by atomic mass is 16.5. The van der Waals surface area contributed by atoms with E-state index in [0.717, 1.165) is 22.2 Å². The number of nitrogens with zero attached hydrogens (tertiary/aromatic N) is 1. The molecule has 1 aromatic carbocycles. The molecule has 0 saturated heterocycles. The summed E-state index contributed by atoms with van der Waals surface area (Å²) in [5.41, 5.74) is 4.37. The maximum atomic E-state index is 9.73. The second-order valence-electron chi connectivity index (χ2n) is 3.96. The van der Waals surface area contributed by atoms with Crippen molar-refractivity contribution in [3.05, 3.63) is 34.6 Å². The molecule has 2 nitrogen and oxygen atoms in total. The van der Waals surface area contributed by atoms with Gasteiger partial charge in [0.15, 0.2) is 0 Å². The standard InChI is InChI=1S/C12H15NO/c1-7-5-11-9(3)13(14)10(4)12(11)6-8(7)2/h5-6,14H,1-4H3. The van der Waals surface area contributed by atoms with Gasteiger partial charge in [0.25, 0.3) is 0 Å². The van der Waals surface area contributed by atoms with Crippen molar-refractivity contribution in [3.63, 3.8) is 0 Å². The van der Waals surface area contributed by atoms with E-state index >= 15 is 0 Å². The lowest BCUT2D eigenvalue weighted by molar-refractivity contribution is 0.176. The molecule has 0 atom stereocenters. The second kappa shape index (κ2) is 2.77. The fourth-order valence-electron chi connectivity index (χ4n) is 1.89. The molecular formula is C12H15NO. The van der Waals surface area contributed by atoms with Crippen LogP contribution >= 0.6 is 0 Å². The van der Waals surface area contributed by atoms with E-state index in [0.29, 0.717) is 0 Å². The molecule has 0 bridgehead atoms. The van der Waals surface area contributed by atoms with E-state index in [1.807, 2.05) is 13.8 Å². The molecule has 0 aliphatic rings. The quantitative estimate of drug-likeness (QED) is 0.633. The van der Waals surface area contributed by atoms with Crippen molar-refractivity contribution < 1.29 is 5.21 Å². The van der Waals surface area contributed by atoms with Gasteiger partial charge in [0.2, 0.25) is 0 Å². The Morgan fingerprint density at radius 3 is 1.57 bits per heavy atom.